The van der Waals surface area contributed by atoms with Gasteiger partial charge in [-0.3, -0.25) is 0 Å². The third-order valence-electron chi connectivity index (χ3n) is 4.36. The molecule has 3 aromatic rings. The summed E-state index contributed by atoms with van der Waals surface area (Å²) in [5.41, 5.74) is 2.44. The van der Waals surface area contributed by atoms with E-state index < -0.39 is 0 Å². The zero-order valence-electron chi connectivity index (χ0n) is 16.2. The summed E-state index contributed by atoms with van der Waals surface area (Å²) in [6.07, 6.45) is 1.90. The fourth-order valence-electron chi connectivity index (χ4n) is 2.69. The Morgan fingerprint density at radius 1 is 0.821 bits per heavy atom. The van der Waals surface area contributed by atoms with Gasteiger partial charge in [0.1, 0.15) is 5.75 Å². The Morgan fingerprint density at radius 3 is 1.93 bits per heavy atom. The average molecular weight is 407 g/mol. The smallest absolute Gasteiger partial charge is 0.124 e. The quantitative estimate of drug-likeness (QED) is 0.192. The van der Waals surface area contributed by atoms with Gasteiger partial charge in [0.05, 0.1) is 11.2 Å². The molecule has 1 nitrogen and oxygen atoms in total. The van der Waals surface area contributed by atoms with Gasteiger partial charge in [0.2, 0.25) is 0 Å². The Hall–Kier alpha value is -2.10. The third kappa shape index (κ3) is 6.22. The molecule has 0 atom stereocenters. The first-order valence-corrected chi connectivity index (χ1v) is 11.3. The summed E-state index contributed by atoms with van der Waals surface area (Å²) in [6.45, 7) is 6.89. The second kappa shape index (κ2) is 11.0. The van der Waals surface area contributed by atoms with Crippen molar-refractivity contribution < 1.29 is 4.74 Å². The lowest BCUT2D eigenvalue weighted by Crippen LogP contribution is -2.02. The summed E-state index contributed by atoms with van der Waals surface area (Å²) in [4.78, 5) is 2.51. The monoisotopic (exact) mass is 406 g/mol. The van der Waals surface area contributed by atoms with Crippen LogP contribution in [0.2, 0.25) is 0 Å². The molecule has 0 unspecified atom stereocenters. The highest BCUT2D eigenvalue weighted by Crippen LogP contribution is 2.49. The maximum atomic E-state index is 6.18. The van der Waals surface area contributed by atoms with Gasteiger partial charge < -0.3 is 4.74 Å². The molecule has 0 fully saturated rings. The van der Waals surface area contributed by atoms with E-state index in [9.17, 15) is 0 Å². The largest absolute Gasteiger partial charge is 0.493 e. The molecule has 0 heterocycles. The van der Waals surface area contributed by atoms with Gasteiger partial charge in [-0.1, -0.05) is 73.7 Å². The lowest BCUT2D eigenvalue weighted by atomic mass is 10.2. The van der Waals surface area contributed by atoms with Gasteiger partial charge in [0.15, 0.2) is 0 Å². The molecular formula is C25H26OS2. The molecule has 28 heavy (non-hydrogen) atoms. The molecular weight excluding hydrogens is 380 g/mol. The molecule has 0 bridgehead atoms. The minimum Gasteiger partial charge on any atom is -0.493 e. The third-order valence-corrected chi connectivity index (χ3v) is 6.96. The molecule has 0 aliphatic carbocycles. The Kier molecular flexibility index (Phi) is 8.13. The van der Waals surface area contributed by atoms with Crippen molar-refractivity contribution in [1.82, 2.24) is 0 Å². The van der Waals surface area contributed by atoms with Crippen LogP contribution in [-0.4, -0.2) is 6.61 Å². The summed E-state index contributed by atoms with van der Waals surface area (Å²) in [5.74, 6) is 0.961. The van der Waals surface area contributed by atoms with E-state index >= 15 is 0 Å². The first kappa shape index (κ1) is 20.6. The van der Waals surface area contributed by atoms with Crippen LogP contribution in [-0.2, 0) is 0 Å². The van der Waals surface area contributed by atoms with Gasteiger partial charge in [-0.15, -0.1) is 23.5 Å². The van der Waals surface area contributed by atoms with Gasteiger partial charge in [0, 0.05) is 21.8 Å². The fraction of sp³-hybridized carbons (Fsp3) is 0.200. The Morgan fingerprint density at radius 2 is 1.36 bits per heavy atom. The van der Waals surface area contributed by atoms with Gasteiger partial charge in [-0.25, -0.2) is 0 Å². The normalized spacial score (nSPS) is 10.8. The van der Waals surface area contributed by atoms with Crippen molar-refractivity contribution in [2.24, 2.45) is 0 Å². The van der Waals surface area contributed by atoms with E-state index in [1.54, 1.807) is 0 Å². The summed E-state index contributed by atoms with van der Waals surface area (Å²) in [7, 11) is 0. The first-order valence-electron chi connectivity index (χ1n) is 9.58. The van der Waals surface area contributed by atoms with Crippen LogP contribution in [0.1, 0.15) is 29.9 Å². The summed E-state index contributed by atoms with van der Waals surface area (Å²) in [5, 5.41) is 0. The first-order chi connectivity index (χ1) is 13.8. The standard InChI is InChI=1S/C25H26OS2/c1-3-20(2)18-19-26-24-17-11-10-16-23(24)25(27-21-12-6-4-7-13-21)28-22-14-8-5-9-15-22/h4-17,25H,2-3,18-19H2,1H3. The van der Waals surface area contributed by atoms with E-state index in [1.807, 2.05) is 29.6 Å². The molecule has 3 rings (SSSR count). The van der Waals surface area contributed by atoms with Crippen molar-refractivity contribution in [3.63, 3.8) is 0 Å². The summed E-state index contributed by atoms with van der Waals surface area (Å²) in [6, 6.07) is 29.5. The highest BCUT2D eigenvalue weighted by molar-refractivity contribution is 8.16. The minimum atomic E-state index is 0.204. The van der Waals surface area contributed by atoms with Gasteiger partial charge >= 0.3 is 0 Å². The number of ether oxygens (including phenoxy) is 1. The van der Waals surface area contributed by atoms with Crippen LogP contribution in [0, 0.1) is 0 Å². The topological polar surface area (TPSA) is 9.23 Å². The van der Waals surface area contributed by atoms with Crippen molar-refractivity contribution in [2.45, 2.75) is 34.1 Å². The summed E-state index contributed by atoms with van der Waals surface area (Å²) >= 11 is 3.72. The zero-order chi connectivity index (χ0) is 19.6. The molecule has 0 radical (unpaired) electrons. The van der Waals surface area contributed by atoms with Crippen molar-refractivity contribution >= 4 is 23.5 Å². The van der Waals surface area contributed by atoms with Crippen LogP contribution in [0.15, 0.2) is 107 Å². The van der Waals surface area contributed by atoms with Crippen LogP contribution >= 0.6 is 23.5 Å². The van der Waals surface area contributed by atoms with E-state index in [2.05, 4.69) is 92.4 Å². The predicted octanol–water partition coefficient (Wildman–Crippen LogP) is 8.00. The molecule has 0 aliphatic heterocycles. The number of hydrogen-bond donors (Lipinski definition) is 0. The number of para-hydroxylation sites is 1. The van der Waals surface area contributed by atoms with E-state index in [1.165, 1.54) is 20.9 Å². The van der Waals surface area contributed by atoms with E-state index in [4.69, 9.17) is 4.74 Å². The van der Waals surface area contributed by atoms with Gasteiger partial charge in [-0.05, 0) is 36.8 Å². The minimum absolute atomic E-state index is 0.204. The number of hydrogen-bond acceptors (Lipinski definition) is 3. The molecule has 0 saturated carbocycles. The molecule has 0 N–H and O–H groups in total. The Labute approximate surface area is 177 Å². The highest BCUT2D eigenvalue weighted by Gasteiger charge is 2.19. The maximum absolute atomic E-state index is 6.18. The molecule has 0 aliphatic rings. The van der Waals surface area contributed by atoms with Crippen LogP contribution in [0.5, 0.6) is 5.75 Å². The second-order valence-corrected chi connectivity index (χ2v) is 9.09. The molecule has 3 heteroatoms. The van der Waals surface area contributed by atoms with Crippen molar-refractivity contribution in [2.75, 3.05) is 6.61 Å². The summed E-state index contributed by atoms with van der Waals surface area (Å²) < 4.78 is 6.38. The SMILES string of the molecule is C=C(CC)CCOc1ccccc1C(Sc1ccccc1)Sc1ccccc1. The lowest BCUT2D eigenvalue weighted by molar-refractivity contribution is 0.318. The lowest BCUT2D eigenvalue weighted by Gasteiger charge is -2.20. The molecule has 0 saturated heterocycles. The molecule has 0 spiro atoms. The van der Waals surface area contributed by atoms with Gasteiger partial charge in [0.25, 0.3) is 0 Å². The molecule has 144 valence electrons. The Bertz CT molecular complexity index is 820. The molecule has 0 amide bonds. The van der Waals surface area contributed by atoms with Gasteiger partial charge in [-0.2, -0.15) is 0 Å². The number of rotatable bonds is 10. The highest BCUT2D eigenvalue weighted by atomic mass is 32.2. The van der Waals surface area contributed by atoms with E-state index in [-0.39, 0.29) is 4.58 Å². The number of thioether (sulfide) groups is 2. The van der Waals surface area contributed by atoms with Crippen molar-refractivity contribution in [3.05, 3.63) is 103 Å². The van der Waals surface area contributed by atoms with Crippen LogP contribution < -0.4 is 4.74 Å². The van der Waals surface area contributed by atoms with Crippen LogP contribution in [0.3, 0.4) is 0 Å². The predicted molar refractivity (Wildman–Crippen MR) is 123 cm³/mol. The zero-order valence-corrected chi connectivity index (χ0v) is 17.8. The molecule has 0 aromatic heterocycles. The second-order valence-electron chi connectivity index (χ2n) is 6.43. The average Bonchev–Trinajstić information content (AvgIpc) is 2.75. The van der Waals surface area contributed by atoms with E-state index in [0.717, 1.165) is 18.6 Å². The Balaban J connectivity index is 1.83. The number of benzene rings is 3. The maximum Gasteiger partial charge on any atom is 0.124 e. The van der Waals surface area contributed by atoms with Crippen LogP contribution in [0.25, 0.3) is 0 Å². The van der Waals surface area contributed by atoms with Crippen molar-refractivity contribution in [3.8, 4) is 5.75 Å². The van der Waals surface area contributed by atoms with E-state index in [0.29, 0.717) is 6.61 Å². The van der Waals surface area contributed by atoms with Crippen LogP contribution in [0.4, 0.5) is 0 Å². The fourth-order valence-corrected chi connectivity index (χ4v) is 5.31. The molecule has 3 aromatic carbocycles. The van der Waals surface area contributed by atoms with Crippen molar-refractivity contribution in [1.29, 1.82) is 0 Å².